The van der Waals surface area contributed by atoms with Crippen LogP contribution in [0.15, 0.2) is 58.2 Å². The van der Waals surface area contributed by atoms with Crippen LogP contribution in [0.2, 0.25) is 0 Å². The molecule has 0 saturated heterocycles. The molecule has 0 amide bonds. The summed E-state index contributed by atoms with van der Waals surface area (Å²) in [6.45, 7) is 1.89. The topological polar surface area (TPSA) is 30.7 Å². The molecule has 0 bridgehead atoms. The predicted molar refractivity (Wildman–Crippen MR) is 89.8 cm³/mol. The number of aryl methyl sites for hydroxylation is 1. The van der Waals surface area contributed by atoms with E-state index in [4.69, 9.17) is 0 Å². The molecule has 0 fully saturated rings. The molecule has 2 aromatic carbocycles. The summed E-state index contributed by atoms with van der Waals surface area (Å²) in [7, 11) is 0. The highest BCUT2D eigenvalue weighted by Gasteiger charge is 2.11. The number of hydrogen-bond acceptors (Lipinski definition) is 3. The molecule has 0 aliphatic heterocycles. The molecule has 0 aliphatic carbocycles. The van der Waals surface area contributed by atoms with E-state index in [0.717, 1.165) is 26.9 Å². The van der Waals surface area contributed by atoms with Crippen molar-refractivity contribution >= 4 is 27.7 Å². The molecule has 0 atom stereocenters. The van der Waals surface area contributed by atoms with Gasteiger partial charge in [0.05, 0.1) is 0 Å². The zero-order valence-electron chi connectivity index (χ0n) is 11.8. The van der Waals surface area contributed by atoms with Gasteiger partial charge in [0.15, 0.2) is 5.16 Å². The summed E-state index contributed by atoms with van der Waals surface area (Å²) in [6, 6.07) is 14.5. The van der Waals surface area contributed by atoms with Crippen molar-refractivity contribution < 1.29 is 4.39 Å². The largest absolute Gasteiger partial charge is 0.274 e. The lowest BCUT2D eigenvalue weighted by molar-refractivity contribution is 0.627. The van der Waals surface area contributed by atoms with Crippen LogP contribution in [0, 0.1) is 12.7 Å². The number of thioether (sulfide) groups is 1. The number of halogens is 2. The number of benzene rings is 2. The first-order valence-electron chi connectivity index (χ1n) is 6.69. The quantitative estimate of drug-likeness (QED) is 0.613. The first kappa shape index (κ1) is 15.2. The molecule has 1 heterocycles. The highest BCUT2D eigenvalue weighted by Crippen LogP contribution is 2.25. The minimum absolute atomic E-state index is 0.251. The fourth-order valence-corrected chi connectivity index (χ4v) is 3.27. The van der Waals surface area contributed by atoms with Crippen LogP contribution >= 0.6 is 27.7 Å². The van der Waals surface area contributed by atoms with Crippen LogP contribution in [0.3, 0.4) is 0 Å². The van der Waals surface area contributed by atoms with E-state index in [9.17, 15) is 4.39 Å². The van der Waals surface area contributed by atoms with Gasteiger partial charge >= 0.3 is 0 Å². The van der Waals surface area contributed by atoms with Crippen LogP contribution in [-0.4, -0.2) is 14.8 Å². The summed E-state index contributed by atoms with van der Waals surface area (Å²) in [4.78, 5) is 0. The highest BCUT2D eigenvalue weighted by molar-refractivity contribution is 9.10. The van der Waals surface area contributed by atoms with E-state index in [1.165, 1.54) is 17.7 Å². The molecule has 22 heavy (non-hydrogen) atoms. The van der Waals surface area contributed by atoms with Crippen molar-refractivity contribution in [3.8, 4) is 5.69 Å². The molecule has 0 radical (unpaired) electrons. The predicted octanol–water partition coefficient (Wildman–Crippen LogP) is 4.77. The summed E-state index contributed by atoms with van der Waals surface area (Å²) in [6.07, 6.45) is 0. The molecule has 0 N–H and O–H groups in total. The van der Waals surface area contributed by atoms with E-state index in [1.54, 1.807) is 23.9 Å². The third kappa shape index (κ3) is 3.39. The summed E-state index contributed by atoms with van der Waals surface area (Å²) < 4.78 is 16.1. The van der Waals surface area contributed by atoms with Crippen molar-refractivity contribution in [1.82, 2.24) is 14.8 Å². The Morgan fingerprint density at radius 1 is 1.05 bits per heavy atom. The summed E-state index contributed by atoms with van der Waals surface area (Å²) in [5.74, 6) is 1.33. The molecule has 3 nitrogen and oxygen atoms in total. The lowest BCUT2D eigenvalue weighted by atomic mass is 10.2. The Labute approximate surface area is 140 Å². The number of rotatable bonds is 4. The average molecular weight is 378 g/mol. The first-order chi connectivity index (χ1) is 10.6. The zero-order valence-corrected chi connectivity index (χ0v) is 14.2. The lowest BCUT2D eigenvalue weighted by Crippen LogP contribution is -1.99. The van der Waals surface area contributed by atoms with E-state index >= 15 is 0 Å². The molecule has 0 aliphatic rings. The van der Waals surface area contributed by atoms with Gasteiger partial charge in [0.2, 0.25) is 0 Å². The van der Waals surface area contributed by atoms with Crippen LogP contribution < -0.4 is 0 Å². The van der Waals surface area contributed by atoms with Crippen molar-refractivity contribution in [2.24, 2.45) is 0 Å². The van der Waals surface area contributed by atoms with Crippen LogP contribution in [-0.2, 0) is 5.75 Å². The molecule has 0 spiro atoms. The molecular weight excluding hydrogens is 365 g/mol. The maximum Gasteiger partial charge on any atom is 0.196 e. The number of aromatic nitrogens is 3. The fourth-order valence-electron chi connectivity index (χ4n) is 2.05. The fraction of sp³-hybridized carbons (Fsp3) is 0.125. The molecule has 1 aromatic heterocycles. The minimum Gasteiger partial charge on any atom is -0.274 e. The second kappa shape index (κ2) is 6.62. The standard InChI is InChI=1S/C16H13BrFN3S/c1-11-19-20-16(21(11)15-8-6-14(18)7-9-15)22-10-12-2-4-13(17)5-3-12/h2-9H,10H2,1H3. The van der Waals surface area contributed by atoms with Gasteiger partial charge in [0.1, 0.15) is 11.6 Å². The smallest absolute Gasteiger partial charge is 0.196 e. The van der Waals surface area contributed by atoms with Gasteiger partial charge < -0.3 is 0 Å². The van der Waals surface area contributed by atoms with Crippen molar-refractivity contribution in [1.29, 1.82) is 0 Å². The molecular formula is C16H13BrFN3S. The molecule has 112 valence electrons. The van der Waals surface area contributed by atoms with Crippen LogP contribution in [0.1, 0.15) is 11.4 Å². The second-order valence-corrected chi connectivity index (χ2v) is 6.61. The van der Waals surface area contributed by atoms with Crippen molar-refractivity contribution in [2.45, 2.75) is 17.8 Å². The Balaban J connectivity index is 1.83. The molecule has 6 heteroatoms. The maximum absolute atomic E-state index is 13.1. The second-order valence-electron chi connectivity index (χ2n) is 4.76. The Kier molecular flexibility index (Phi) is 4.59. The van der Waals surface area contributed by atoms with Gasteiger partial charge in [-0.1, -0.05) is 39.8 Å². The van der Waals surface area contributed by atoms with Crippen molar-refractivity contribution in [3.63, 3.8) is 0 Å². The van der Waals surface area contributed by atoms with Gasteiger partial charge in [-0.3, -0.25) is 4.57 Å². The lowest BCUT2D eigenvalue weighted by Gasteiger charge is -2.08. The van der Waals surface area contributed by atoms with Gasteiger partial charge in [-0.15, -0.1) is 10.2 Å². The van der Waals surface area contributed by atoms with Crippen molar-refractivity contribution in [3.05, 3.63) is 70.2 Å². The van der Waals surface area contributed by atoms with Gasteiger partial charge in [-0.05, 0) is 48.9 Å². The van der Waals surface area contributed by atoms with Crippen LogP contribution in [0.25, 0.3) is 5.69 Å². The normalized spacial score (nSPS) is 10.9. The monoisotopic (exact) mass is 377 g/mol. The molecule has 3 aromatic rings. The molecule has 0 unspecified atom stereocenters. The summed E-state index contributed by atoms with van der Waals surface area (Å²) in [5.41, 5.74) is 2.07. The maximum atomic E-state index is 13.1. The average Bonchev–Trinajstić information content (AvgIpc) is 2.89. The van der Waals surface area contributed by atoms with E-state index in [1.807, 2.05) is 23.6 Å². The van der Waals surface area contributed by atoms with Gasteiger partial charge in [0.25, 0.3) is 0 Å². The van der Waals surface area contributed by atoms with Gasteiger partial charge in [-0.25, -0.2) is 4.39 Å². The summed E-state index contributed by atoms with van der Waals surface area (Å²) in [5, 5.41) is 9.15. The number of hydrogen-bond donors (Lipinski definition) is 0. The zero-order chi connectivity index (χ0) is 15.5. The van der Waals surface area contributed by atoms with E-state index in [2.05, 4.69) is 38.3 Å². The van der Waals surface area contributed by atoms with E-state index in [0.29, 0.717) is 0 Å². The third-order valence-electron chi connectivity index (χ3n) is 3.16. The van der Waals surface area contributed by atoms with E-state index < -0.39 is 0 Å². The van der Waals surface area contributed by atoms with E-state index in [-0.39, 0.29) is 5.82 Å². The third-order valence-corrected chi connectivity index (χ3v) is 4.69. The minimum atomic E-state index is -0.251. The Bertz CT molecular complexity index is 769. The Hall–Kier alpha value is -1.66. The van der Waals surface area contributed by atoms with Crippen LogP contribution in [0.4, 0.5) is 4.39 Å². The SMILES string of the molecule is Cc1nnc(SCc2ccc(Br)cc2)n1-c1ccc(F)cc1. The van der Waals surface area contributed by atoms with Gasteiger partial charge in [-0.2, -0.15) is 0 Å². The number of nitrogens with zero attached hydrogens (tertiary/aromatic N) is 3. The molecule has 3 rings (SSSR count). The first-order valence-corrected chi connectivity index (χ1v) is 8.46. The Morgan fingerprint density at radius 3 is 2.41 bits per heavy atom. The molecule has 0 saturated carbocycles. The highest BCUT2D eigenvalue weighted by atomic mass is 79.9. The van der Waals surface area contributed by atoms with Crippen molar-refractivity contribution in [2.75, 3.05) is 0 Å². The van der Waals surface area contributed by atoms with Gasteiger partial charge in [0, 0.05) is 15.9 Å². The Morgan fingerprint density at radius 2 is 1.73 bits per heavy atom. The summed E-state index contributed by atoms with van der Waals surface area (Å²) >= 11 is 5.04. The van der Waals surface area contributed by atoms with Crippen LogP contribution in [0.5, 0.6) is 0 Å².